The molecule has 0 unspecified atom stereocenters. The molecule has 7 nitrogen and oxygen atoms in total. The van der Waals surface area contributed by atoms with Gasteiger partial charge in [0.05, 0.1) is 29.9 Å². The Balaban J connectivity index is 1.70. The first-order chi connectivity index (χ1) is 12.5. The molecular weight excluding hydrogens is 360 g/mol. The van der Waals surface area contributed by atoms with Crippen LogP contribution in [-0.4, -0.2) is 38.7 Å². The molecule has 2 aromatic rings. The molecule has 2 aromatic carbocycles. The normalized spacial score (nSPS) is 10.1. The summed E-state index contributed by atoms with van der Waals surface area (Å²) in [5.41, 5.74) is 6.11. The Hall–Kier alpha value is -2.93. The molecule has 0 aliphatic rings. The molecule has 0 aliphatic carbocycles. The molecule has 0 saturated heterocycles. The highest BCUT2D eigenvalue weighted by Gasteiger charge is 2.11. The van der Waals surface area contributed by atoms with Crippen molar-refractivity contribution in [2.45, 2.75) is 0 Å². The maximum atomic E-state index is 11.9. The van der Waals surface area contributed by atoms with Gasteiger partial charge in [0.1, 0.15) is 6.61 Å². The summed E-state index contributed by atoms with van der Waals surface area (Å²) in [6.45, 7) is 0.0894. The number of halogens is 1. The first kappa shape index (κ1) is 19.4. The van der Waals surface area contributed by atoms with Gasteiger partial charge in [-0.15, -0.1) is 0 Å². The standard InChI is InChI=1S/C18H19ClN2O5/c1-24-15-4-2-3-5-16(15)25-9-8-21-17(22)11-26-18(23)12-6-7-13(19)14(20)10-12/h2-7,10H,8-9,11,20H2,1H3,(H,21,22). The number of nitrogen functional groups attached to an aromatic ring is 1. The summed E-state index contributed by atoms with van der Waals surface area (Å²) in [5, 5.41) is 2.93. The van der Waals surface area contributed by atoms with Gasteiger partial charge in [0.2, 0.25) is 0 Å². The van der Waals surface area contributed by atoms with Gasteiger partial charge in [-0.1, -0.05) is 23.7 Å². The van der Waals surface area contributed by atoms with Gasteiger partial charge >= 0.3 is 5.97 Å². The van der Waals surface area contributed by atoms with Crippen molar-refractivity contribution < 1.29 is 23.8 Å². The first-order valence-electron chi connectivity index (χ1n) is 7.76. The zero-order valence-electron chi connectivity index (χ0n) is 14.2. The number of hydrogen-bond acceptors (Lipinski definition) is 6. The largest absolute Gasteiger partial charge is 0.493 e. The Labute approximate surface area is 156 Å². The molecule has 1 amide bonds. The summed E-state index contributed by atoms with van der Waals surface area (Å²) in [4.78, 5) is 23.6. The number of amides is 1. The van der Waals surface area contributed by atoms with Crippen LogP contribution in [0.15, 0.2) is 42.5 Å². The lowest BCUT2D eigenvalue weighted by Crippen LogP contribution is -2.32. The van der Waals surface area contributed by atoms with Crippen LogP contribution in [-0.2, 0) is 9.53 Å². The summed E-state index contributed by atoms with van der Waals surface area (Å²) < 4.78 is 15.6. The molecule has 2 rings (SSSR count). The molecule has 0 aromatic heterocycles. The number of nitrogens with two attached hydrogens (primary N) is 1. The van der Waals surface area contributed by atoms with E-state index in [9.17, 15) is 9.59 Å². The van der Waals surface area contributed by atoms with Crippen LogP contribution in [0, 0.1) is 0 Å². The number of anilines is 1. The average molecular weight is 379 g/mol. The van der Waals surface area contributed by atoms with Crippen molar-refractivity contribution >= 4 is 29.2 Å². The van der Waals surface area contributed by atoms with Crippen LogP contribution in [0.3, 0.4) is 0 Å². The minimum Gasteiger partial charge on any atom is -0.493 e. The van der Waals surface area contributed by atoms with Crippen LogP contribution in [0.1, 0.15) is 10.4 Å². The second-order valence-corrected chi connectivity index (χ2v) is 5.57. The van der Waals surface area contributed by atoms with Gasteiger partial charge in [-0.3, -0.25) is 4.79 Å². The maximum Gasteiger partial charge on any atom is 0.338 e. The quantitative estimate of drug-likeness (QED) is 0.415. The third-order valence-electron chi connectivity index (χ3n) is 3.32. The highest BCUT2D eigenvalue weighted by atomic mass is 35.5. The fourth-order valence-corrected chi connectivity index (χ4v) is 2.14. The molecule has 0 radical (unpaired) electrons. The van der Waals surface area contributed by atoms with Crippen LogP contribution in [0.4, 0.5) is 5.69 Å². The van der Waals surface area contributed by atoms with Crippen LogP contribution in [0.5, 0.6) is 11.5 Å². The van der Waals surface area contributed by atoms with Gasteiger partial charge in [-0.05, 0) is 30.3 Å². The fraction of sp³-hybridized carbons (Fsp3) is 0.222. The van der Waals surface area contributed by atoms with Crippen LogP contribution < -0.4 is 20.5 Å². The van der Waals surface area contributed by atoms with Crippen molar-refractivity contribution in [3.63, 3.8) is 0 Å². The van der Waals surface area contributed by atoms with E-state index >= 15 is 0 Å². The summed E-state index contributed by atoms with van der Waals surface area (Å²) in [6.07, 6.45) is 0. The van der Waals surface area contributed by atoms with Gasteiger partial charge in [0.15, 0.2) is 18.1 Å². The Morgan fingerprint density at radius 3 is 2.58 bits per heavy atom. The van der Waals surface area contributed by atoms with Gasteiger partial charge in [-0.25, -0.2) is 4.79 Å². The van der Waals surface area contributed by atoms with Crippen molar-refractivity contribution in [1.82, 2.24) is 5.32 Å². The lowest BCUT2D eigenvalue weighted by Gasteiger charge is -2.11. The number of carbonyl (C=O) groups is 2. The van der Waals surface area contributed by atoms with Crippen molar-refractivity contribution in [3.8, 4) is 11.5 Å². The predicted octanol–water partition coefficient (Wildman–Crippen LogP) is 2.28. The second kappa shape index (κ2) is 9.53. The Morgan fingerprint density at radius 2 is 1.88 bits per heavy atom. The predicted molar refractivity (Wildman–Crippen MR) is 97.6 cm³/mol. The van der Waals surface area contributed by atoms with Crippen molar-refractivity contribution in [2.75, 3.05) is 32.6 Å². The van der Waals surface area contributed by atoms with E-state index in [-0.39, 0.29) is 24.4 Å². The summed E-state index contributed by atoms with van der Waals surface area (Å²) in [5.74, 6) is 0.0868. The number of nitrogens with one attached hydrogen (secondary N) is 1. The lowest BCUT2D eigenvalue weighted by molar-refractivity contribution is -0.124. The molecule has 0 heterocycles. The number of methoxy groups -OCH3 is 1. The Bertz CT molecular complexity index is 782. The Morgan fingerprint density at radius 1 is 1.15 bits per heavy atom. The van der Waals surface area contributed by atoms with E-state index in [2.05, 4.69) is 5.32 Å². The van der Waals surface area contributed by atoms with Crippen molar-refractivity contribution in [1.29, 1.82) is 0 Å². The van der Waals surface area contributed by atoms with Crippen LogP contribution in [0.2, 0.25) is 5.02 Å². The summed E-state index contributed by atoms with van der Waals surface area (Å²) >= 11 is 5.79. The maximum absolute atomic E-state index is 11.9. The number of para-hydroxylation sites is 2. The Kier molecular flexibility index (Phi) is 7.11. The molecular formula is C18H19ClN2O5. The van der Waals surface area contributed by atoms with E-state index in [1.165, 1.54) is 18.2 Å². The van der Waals surface area contributed by atoms with E-state index < -0.39 is 18.5 Å². The smallest absolute Gasteiger partial charge is 0.338 e. The van der Waals surface area contributed by atoms with Crippen LogP contribution >= 0.6 is 11.6 Å². The number of benzene rings is 2. The third kappa shape index (κ3) is 5.56. The summed E-state index contributed by atoms with van der Waals surface area (Å²) in [7, 11) is 1.55. The minimum atomic E-state index is -0.659. The van der Waals surface area contributed by atoms with E-state index in [1.807, 2.05) is 12.1 Å². The zero-order valence-corrected chi connectivity index (χ0v) is 14.9. The number of carbonyl (C=O) groups excluding carboxylic acids is 2. The molecule has 3 N–H and O–H groups in total. The molecule has 0 saturated carbocycles. The average Bonchev–Trinajstić information content (AvgIpc) is 2.65. The van der Waals surface area contributed by atoms with Gasteiger partial charge < -0.3 is 25.3 Å². The van der Waals surface area contributed by atoms with Crippen LogP contribution in [0.25, 0.3) is 0 Å². The first-order valence-corrected chi connectivity index (χ1v) is 8.13. The van der Waals surface area contributed by atoms with Gasteiger partial charge in [0.25, 0.3) is 5.91 Å². The van der Waals surface area contributed by atoms with E-state index in [0.29, 0.717) is 16.5 Å². The topological polar surface area (TPSA) is 99.9 Å². The van der Waals surface area contributed by atoms with Gasteiger partial charge in [-0.2, -0.15) is 0 Å². The zero-order chi connectivity index (χ0) is 18.9. The molecule has 26 heavy (non-hydrogen) atoms. The fourth-order valence-electron chi connectivity index (χ4n) is 2.03. The van der Waals surface area contributed by atoms with Crippen molar-refractivity contribution in [3.05, 3.63) is 53.1 Å². The van der Waals surface area contributed by atoms with E-state index in [4.69, 9.17) is 31.5 Å². The number of hydrogen-bond donors (Lipinski definition) is 2. The molecule has 0 bridgehead atoms. The molecule has 0 fully saturated rings. The second-order valence-electron chi connectivity index (χ2n) is 5.16. The molecule has 138 valence electrons. The molecule has 0 spiro atoms. The van der Waals surface area contributed by atoms with E-state index in [1.54, 1.807) is 19.2 Å². The highest BCUT2D eigenvalue weighted by Crippen LogP contribution is 2.25. The van der Waals surface area contributed by atoms with Gasteiger partial charge in [0, 0.05) is 0 Å². The number of esters is 1. The third-order valence-corrected chi connectivity index (χ3v) is 3.66. The molecule has 0 aliphatic heterocycles. The number of ether oxygens (including phenoxy) is 3. The monoisotopic (exact) mass is 378 g/mol. The highest BCUT2D eigenvalue weighted by molar-refractivity contribution is 6.33. The molecule has 8 heteroatoms. The number of rotatable bonds is 8. The van der Waals surface area contributed by atoms with Crippen molar-refractivity contribution in [2.24, 2.45) is 0 Å². The lowest BCUT2D eigenvalue weighted by atomic mass is 10.2. The molecule has 0 atom stereocenters. The van der Waals surface area contributed by atoms with E-state index in [0.717, 1.165) is 0 Å². The SMILES string of the molecule is COc1ccccc1OCCNC(=O)COC(=O)c1ccc(Cl)c(N)c1. The minimum absolute atomic E-state index is 0.221. The summed E-state index contributed by atoms with van der Waals surface area (Å²) in [6, 6.07) is 11.5.